The summed E-state index contributed by atoms with van der Waals surface area (Å²) in [6, 6.07) is 8.05. The van der Waals surface area contributed by atoms with Crippen LogP contribution in [0, 0.1) is 0 Å². The van der Waals surface area contributed by atoms with Gasteiger partial charge in [0.05, 0.1) is 13.2 Å². The number of carbonyl (C=O) groups excluding carboxylic acids is 1. The number of hydrogen-bond acceptors (Lipinski definition) is 3. The number of halogens is 1. The zero-order chi connectivity index (χ0) is 12.0. The molecule has 0 aliphatic carbocycles. The normalized spacial score (nSPS) is 12.2. The van der Waals surface area contributed by atoms with Crippen LogP contribution in [0.5, 0.6) is 0 Å². The fourth-order valence-electron chi connectivity index (χ4n) is 1.38. The predicted molar refractivity (Wildman–Crippen MR) is 67.2 cm³/mol. The first kappa shape index (κ1) is 13.2. The fourth-order valence-corrected chi connectivity index (χ4v) is 2.01. The summed E-state index contributed by atoms with van der Waals surface area (Å²) in [5.41, 5.74) is 1.13. The Morgan fingerprint density at radius 1 is 1.50 bits per heavy atom. The van der Waals surface area contributed by atoms with Crippen molar-refractivity contribution in [2.75, 3.05) is 13.2 Å². The number of carbonyl (C=O) groups is 1. The minimum atomic E-state index is -0.221. The van der Waals surface area contributed by atoms with Crippen LogP contribution in [0.3, 0.4) is 0 Å². The third kappa shape index (κ3) is 3.94. The molecular formula is C12H16BrNO2. The molecule has 1 rings (SSSR count). The second-order valence-electron chi connectivity index (χ2n) is 3.43. The van der Waals surface area contributed by atoms with Crippen LogP contribution in [-0.2, 0) is 9.53 Å². The van der Waals surface area contributed by atoms with Gasteiger partial charge < -0.3 is 10.1 Å². The van der Waals surface area contributed by atoms with E-state index < -0.39 is 0 Å². The molecule has 16 heavy (non-hydrogen) atoms. The molecule has 1 unspecified atom stereocenters. The van der Waals surface area contributed by atoms with Crippen molar-refractivity contribution in [3.05, 3.63) is 34.3 Å². The third-order valence-corrected chi connectivity index (χ3v) is 2.95. The van der Waals surface area contributed by atoms with Crippen molar-refractivity contribution in [2.45, 2.75) is 19.9 Å². The van der Waals surface area contributed by atoms with Gasteiger partial charge in [-0.15, -0.1) is 0 Å². The molecule has 1 N–H and O–H groups in total. The van der Waals surface area contributed by atoms with E-state index in [0.717, 1.165) is 10.0 Å². The molecule has 0 amide bonds. The molecule has 1 atom stereocenters. The Morgan fingerprint density at radius 3 is 2.81 bits per heavy atom. The lowest BCUT2D eigenvalue weighted by Gasteiger charge is -2.15. The van der Waals surface area contributed by atoms with E-state index in [4.69, 9.17) is 4.74 Å². The molecular weight excluding hydrogens is 270 g/mol. The third-order valence-electron chi connectivity index (χ3n) is 2.23. The first-order chi connectivity index (χ1) is 7.65. The number of nitrogens with one attached hydrogen (secondary N) is 1. The van der Waals surface area contributed by atoms with E-state index >= 15 is 0 Å². The summed E-state index contributed by atoms with van der Waals surface area (Å²) in [5.74, 6) is -0.221. The van der Waals surface area contributed by atoms with Gasteiger partial charge in [0.15, 0.2) is 0 Å². The maximum atomic E-state index is 11.2. The zero-order valence-corrected chi connectivity index (χ0v) is 11.1. The monoisotopic (exact) mass is 285 g/mol. The fraction of sp³-hybridized carbons (Fsp3) is 0.417. The van der Waals surface area contributed by atoms with Gasteiger partial charge in [0.25, 0.3) is 0 Å². The van der Waals surface area contributed by atoms with Gasteiger partial charge in [0.2, 0.25) is 0 Å². The van der Waals surface area contributed by atoms with Gasteiger partial charge in [-0.1, -0.05) is 34.1 Å². The predicted octanol–water partition coefficient (Wildman–Crippen LogP) is 2.66. The van der Waals surface area contributed by atoms with Crippen LogP contribution < -0.4 is 5.32 Å². The van der Waals surface area contributed by atoms with Gasteiger partial charge in [-0.2, -0.15) is 0 Å². The summed E-state index contributed by atoms with van der Waals surface area (Å²) in [6.07, 6.45) is 0. The van der Waals surface area contributed by atoms with Crippen molar-refractivity contribution in [3.8, 4) is 0 Å². The lowest BCUT2D eigenvalue weighted by molar-refractivity contribution is -0.142. The Kier molecular flexibility index (Phi) is 5.49. The average molecular weight is 286 g/mol. The van der Waals surface area contributed by atoms with Gasteiger partial charge in [-0.25, -0.2) is 0 Å². The molecule has 0 fully saturated rings. The molecule has 0 aromatic heterocycles. The number of hydrogen-bond donors (Lipinski definition) is 1. The summed E-state index contributed by atoms with van der Waals surface area (Å²) in [4.78, 5) is 11.2. The van der Waals surface area contributed by atoms with E-state index in [1.807, 2.05) is 31.2 Å². The van der Waals surface area contributed by atoms with Crippen LogP contribution in [0.4, 0.5) is 0 Å². The Balaban J connectivity index is 2.50. The van der Waals surface area contributed by atoms with Crippen LogP contribution in [0.1, 0.15) is 25.5 Å². The van der Waals surface area contributed by atoms with Gasteiger partial charge in [-0.3, -0.25) is 4.79 Å². The average Bonchev–Trinajstić information content (AvgIpc) is 2.27. The number of benzene rings is 1. The highest BCUT2D eigenvalue weighted by atomic mass is 79.9. The van der Waals surface area contributed by atoms with E-state index in [0.29, 0.717) is 6.61 Å². The second kappa shape index (κ2) is 6.66. The maximum absolute atomic E-state index is 11.2. The molecule has 0 aliphatic heterocycles. The molecule has 0 spiro atoms. The molecule has 0 heterocycles. The smallest absolute Gasteiger partial charge is 0.319 e. The first-order valence-electron chi connectivity index (χ1n) is 5.28. The molecule has 88 valence electrons. The zero-order valence-electron chi connectivity index (χ0n) is 9.50. The molecule has 0 saturated heterocycles. The Bertz CT molecular complexity index is 355. The summed E-state index contributed by atoms with van der Waals surface area (Å²) in [7, 11) is 0. The Hall–Kier alpha value is -0.870. The maximum Gasteiger partial charge on any atom is 0.319 e. The van der Waals surface area contributed by atoms with Crippen LogP contribution >= 0.6 is 15.9 Å². The highest BCUT2D eigenvalue weighted by Crippen LogP contribution is 2.22. The van der Waals surface area contributed by atoms with Crippen molar-refractivity contribution in [1.29, 1.82) is 0 Å². The summed E-state index contributed by atoms with van der Waals surface area (Å²) < 4.78 is 5.89. The van der Waals surface area contributed by atoms with E-state index in [-0.39, 0.29) is 18.6 Å². The SMILES string of the molecule is CCOC(=O)CNC(C)c1ccccc1Br. The van der Waals surface area contributed by atoms with Crippen LogP contribution in [0.25, 0.3) is 0 Å². The number of ether oxygens (including phenoxy) is 1. The molecule has 0 bridgehead atoms. The van der Waals surface area contributed by atoms with Crippen molar-refractivity contribution in [3.63, 3.8) is 0 Å². The Morgan fingerprint density at radius 2 is 2.19 bits per heavy atom. The molecule has 4 heteroatoms. The van der Waals surface area contributed by atoms with Gasteiger partial charge in [0, 0.05) is 10.5 Å². The van der Waals surface area contributed by atoms with E-state index in [1.54, 1.807) is 6.92 Å². The summed E-state index contributed by atoms with van der Waals surface area (Å²) in [6.45, 7) is 4.47. The Labute approximate surface area is 104 Å². The number of esters is 1. The molecule has 0 radical (unpaired) electrons. The highest BCUT2D eigenvalue weighted by molar-refractivity contribution is 9.10. The number of rotatable bonds is 5. The second-order valence-corrected chi connectivity index (χ2v) is 4.28. The lowest BCUT2D eigenvalue weighted by atomic mass is 10.1. The van der Waals surface area contributed by atoms with E-state index in [2.05, 4.69) is 21.2 Å². The summed E-state index contributed by atoms with van der Waals surface area (Å²) in [5, 5.41) is 3.12. The minimum absolute atomic E-state index is 0.111. The van der Waals surface area contributed by atoms with Crippen molar-refractivity contribution in [1.82, 2.24) is 5.32 Å². The van der Waals surface area contributed by atoms with Gasteiger partial charge >= 0.3 is 5.97 Å². The first-order valence-corrected chi connectivity index (χ1v) is 6.08. The van der Waals surface area contributed by atoms with E-state index in [1.165, 1.54) is 0 Å². The molecule has 1 aromatic carbocycles. The van der Waals surface area contributed by atoms with Crippen molar-refractivity contribution >= 4 is 21.9 Å². The van der Waals surface area contributed by atoms with Crippen molar-refractivity contribution < 1.29 is 9.53 Å². The van der Waals surface area contributed by atoms with Crippen LogP contribution in [-0.4, -0.2) is 19.1 Å². The quantitative estimate of drug-likeness (QED) is 0.846. The minimum Gasteiger partial charge on any atom is -0.465 e. The topological polar surface area (TPSA) is 38.3 Å². The molecule has 0 saturated carbocycles. The van der Waals surface area contributed by atoms with Crippen molar-refractivity contribution in [2.24, 2.45) is 0 Å². The van der Waals surface area contributed by atoms with Gasteiger partial charge in [0.1, 0.15) is 0 Å². The lowest BCUT2D eigenvalue weighted by Crippen LogP contribution is -2.27. The molecule has 1 aromatic rings. The standard InChI is InChI=1S/C12H16BrNO2/c1-3-16-12(15)8-14-9(2)10-6-4-5-7-11(10)13/h4-7,9,14H,3,8H2,1-2H3. The summed E-state index contributed by atoms with van der Waals surface area (Å²) >= 11 is 3.48. The van der Waals surface area contributed by atoms with Crippen LogP contribution in [0.2, 0.25) is 0 Å². The highest BCUT2D eigenvalue weighted by Gasteiger charge is 2.10. The van der Waals surface area contributed by atoms with Gasteiger partial charge in [-0.05, 0) is 25.5 Å². The van der Waals surface area contributed by atoms with E-state index in [9.17, 15) is 4.79 Å². The van der Waals surface area contributed by atoms with Crippen LogP contribution in [0.15, 0.2) is 28.7 Å². The molecule has 0 aliphatic rings. The largest absolute Gasteiger partial charge is 0.465 e. The molecule has 3 nitrogen and oxygen atoms in total.